The highest BCUT2D eigenvalue weighted by atomic mass is 19.4. The van der Waals surface area contributed by atoms with Crippen LogP contribution in [0.1, 0.15) is 5.69 Å². The zero-order chi connectivity index (χ0) is 13.1. The predicted octanol–water partition coefficient (Wildman–Crippen LogP) is 2.78. The first-order chi connectivity index (χ1) is 7.84. The lowest BCUT2D eigenvalue weighted by atomic mass is 10.3. The number of hydrogen-bond donors (Lipinski definition) is 1. The molecule has 1 aromatic heterocycles. The van der Waals surface area contributed by atoms with Crippen LogP contribution in [0.4, 0.5) is 19.0 Å². The van der Waals surface area contributed by atoms with Gasteiger partial charge in [-0.2, -0.15) is 13.2 Å². The molecule has 3 nitrogen and oxygen atoms in total. The van der Waals surface area contributed by atoms with E-state index < -0.39 is 17.8 Å². The van der Waals surface area contributed by atoms with Crippen molar-refractivity contribution in [2.45, 2.75) is 6.18 Å². The van der Waals surface area contributed by atoms with Gasteiger partial charge < -0.3 is 5.32 Å². The van der Waals surface area contributed by atoms with E-state index in [-0.39, 0.29) is 11.4 Å². The van der Waals surface area contributed by atoms with Gasteiger partial charge in [0.25, 0.3) is 5.91 Å². The molecular formula is C11H9F3N2O. The molecule has 0 saturated carbocycles. The summed E-state index contributed by atoms with van der Waals surface area (Å²) in [6, 6.07) is 3.23. The first kappa shape index (κ1) is 13.0. The second-order valence-electron chi connectivity index (χ2n) is 3.09. The monoisotopic (exact) mass is 242 g/mol. The zero-order valence-corrected chi connectivity index (χ0v) is 8.71. The second kappa shape index (κ2) is 4.82. The molecule has 6 heteroatoms. The second-order valence-corrected chi connectivity index (χ2v) is 3.09. The van der Waals surface area contributed by atoms with Gasteiger partial charge in [0.05, 0.1) is 0 Å². The first-order valence-corrected chi connectivity index (χ1v) is 4.51. The van der Waals surface area contributed by atoms with Crippen LogP contribution < -0.4 is 5.32 Å². The molecule has 0 aromatic carbocycles. The van der Waals surface area contributed by atoms with E-state index in [0.717, 1.165) is 12.1 Å². The number of carbonyl (C=O) groups excluding carboxylic acids is 1. The summed E-state index contributed by atoms with van der Waals surface area (Å²) in [6.07, 6.45) is -3.35. The van der Waals surface area contributed by atoms with Gasteiger partial charge in [0.1, 0.15) is 11.5 Å². The van der Waals surface area contributed by atoms with Gasteiger partial charge in [0, 0.05) is 5.57 Å². The molecule has 1 rings (SSSR count). The Hall–Kier alpha value is -2.11. The molecule has 0 bridgehead atoms. The number of nitrogens with one attached hydrogen (secondary N) is 1. The Balaban J connectivity index is 2.90. The van der Waals surface area contributed by atoms with Crippen molar-refractivity contribution in [2.75, 3.05) is 5.32 Å². The largest absolute Gasteiger partial charge is 0.433 e. The van der Waals surface area contributed by atoms with Gasteiger partial charge >= 0.3 is 6.18 Å². The van der Waals surface area contributed by atoms with Gasteiger partial charge in [-0.3, -0.25) is 4.79 Å². The Bertz CT molecular complexity index is 466. The van der Waals surface area contributed by atoms with Crippen molar-refractivity contribution in [3.8, 4) is 0 Å². The molecule has 0 aliphatic carbocycles. The molecule has 0 spiro atoms. The highest BCUT2D eigenvalue weighted by Gasteiger charge is 2.32. The van der Waals surface area contributed by atoms with Crippen LogP contribution in [0, 0.1) is 0 Å². The molecule has 17 heavy (non-hydrogen) atoms. The van der Waals surface area contributed by atoms with Crippen LogP contribution >= 0.6 is 0 Å². The number of amides is 1. The van der Waals surface area contributed by atoms with Crippen LogP contribution in [0.2, 0.25) is 0 Å². The Morgan fingerprint density at radius 2 is 2.06 bits per heavy atom. The van der Waals surface area contributed by atoms with E-state index in [1.54, 1.807) is 0 Å². The van der Waals surface area contributed by atoms with Gasteiger partial charge in [-0.15, -0.1) is 0 Å². The molecule has 0 aliphatic heterocycles. The molecule has 0 fully saturated rings. The summed E-state index contributed by atoms with van der Waals surface area (Å²) >= 11 is 0. The Morgan fingerprint density at radius 3 is 2.59 bits per heavy atom. The number of carbonyl (C=O) groups is 1. The molecule has 0 radical (unpaired) electrons. The summed E-state index contributed by atoms with van der Waals surface area (Å²) in [7, 11) is 0. The number of pyridine rings is 1. The van der Waals surface area contributed by atoms with Gasteiger partial charge in [-0.1, -0.05) is 25.3 Å². The van der Waals surface area contributed by atoms with Crippen LogP contribution in [0.15, 0.2) is 43.0 Å². The fourth-order valence-electron chi connectivity index (χ4n) is 0.951. The Morgan fingerprint density at radius 1 is 1.41 bits per heavy atom. The lowest BCUT2D eigenvalue weighted by molar-refractivity contribution is -0.141. The number of alkyl halides is 3. The number of rotatable bonds is 3. The van der Waals surface area contributed by atoms with Gasteiger partial charge in [0.15, 0.2) is 0 Å². The summed E-state index contributed by atoms with van der Waals surface area (Å²) in [4.78, 5) is 14.6. The number of aromatic nitrogens is 1. The highest BCUT2D eigenvalue weighted by molar-refractivity contribution is 6.04. The van der Waals surface area contributed by atoms with Crippen molar-refractivity contribution < 1.29 is 18.0 Å². The summed E-state index contributed by atoms with van der Waals surface area (Å²) in [5.74, 6) is -0.834. The SMILES string of the molecule is C=CC(=C)C(=O)Nc1cccc(C(F)(F)F)n1. The summed E-state index contributed by atoms with van der Waals surface area (Å²) < 4.78 is 37.0. The van der Waals surface area contributed by atoms with E-state index >= 15 is 0 Å². The summed E-state index contributed by atoms with van der Waals surface area (Å²) in [6.45, 7) is 6.68. The average Bonchev–Trinajstić information content (AvgIpc) is 2.27. The van der Waals surface area contributed by atoms with Crippen molar-refractivity contribution in [2.24, 2.45) is 0 Å². The normalized spacial score (nSPS) is 10.8. The molecule has 1 amide bonds. The minimum Gasteiger partial charge on any atom is -0.307 e. The topological polar surface area (TPSA) is 42.0 Å². The molecule has 0 unspecified atom stereocenters. The molecule has 1 aromatic rings. The van der Waals surface area contributed by atoms with E-state index in [2.05, 4.69) is 23.5 Å². The van der Waals surface area contributed by atoms with Crippen LogP contribution in [0.3, 0.4) is 0 Å². The molecule has 0 atom stereocenters. The van der Waals surface area contributed by atoms with Crippen molar-refractivity contribution in [3.05, 3.63) is 48.7 Å². The lowest BCUT2D eigenvalue weighted by Gasteiger charge is -2.08. The van der Waals surface area contributed by atoms with E-state index in [1.165, 1.54) is 12.1 Å². The maximum absolute atomic E-state index is 12.3. The smallest absolute Gasteiger partial charge is 0.307 e. The summed E-state index contributed by atoms with van der Waals surface area (Å²) in [5, 5.41) is 2.18. The fourth-order valence-corrected chi connectivity index (χ4v) is 0.951. The lowest BCUT2D eigenvalue weighted by Crippen LogP contribution is -2.15. The minimum atomic E-state index is -4.55. The molecule has 1 heterocycles. The van der Waals surface area contributed by atoms with Crippen LogP contribution in [-0.4, -0.2) is 10.9 Å². The third-order valence-corrected chi connectivity index (χ3v) is 1.82. The summed E-state index contributed by atoms with van der Waals surface area (Å²) in [5.41, 5.74) is -1.02. The third-order valence-electron chi connectivity index (χ3n) is 1.82. The number of nitrogens with zero attached hydrogens (tertiary/aromatic N) is 1. The highest BCUT2D eigenvalue weighted by Crippen LogP contribution is 2.28. The van der Waals surface area contributed by atoms with Crippen LogP contribution in [-0.2, 0) is 11.0 Å². The van der Waals surface area contributed by atoms with Gasteiger partial charge in [-0.25, -0.2) is 4.98 Å². The maximum atomic E-state index is 12.3. The van der Waals surface area contributed by atoms with Crippen molar-refractivity contribution in [3.63, 3.8) is 0 Å². The standard InChI is InChI=1S/C11H9F3N2O/c1-3-7(2)10(17)16-9-6-4-5-8(15-9)11(12,13)14/h3-6H,1-2H2,(H,15,16,17). The number of anilines is 1. The Kier molecular flexibility index (Phi) is 3.67. The van der Waals surface area contributed by atoms with E-state index in [1.807, 2.05) is 0 Å². The average molecular weight is 242 g/mol. The molecule has 1 N–H and O–H groups in total. The van der Waals surface area contributed by atoms with Gasteiger partial charge in [-0.05, 0) is 12.1 Å². The predicted molar refractivity (Wildman–Crippen MR) is 57.2 cm³/mol. The van der Waals surface area contributed by atoms with Crippen LogP contribution in [0.25, 0.3) is 0 Å². The fraction of sp³-hybridized carbons (Fsp3) is 0.0909. The van der Waals surface area contributed by atoms with Crippen LogP contribution in [0.5, 0.6) is 0 Å². The quantitative estimate of drug-likeness (QED) is 0.654. The number of halogens is 3. The molecular weight excluding hydrogens is 233 g/mol. The number of hydrogen-bond acceptors (Lipinski definition) is 2. The third kappa shape index (κ3) is 3.44. The first-order valence-electron chi connectivity index (χ1n) is 4.51. The Labute approximate surface area is 95.7 Å². The van der Waals surface area contributed by atoms with E-state index in [9.17, 15) is 18.0 Å². The van der Waals surface area contributed by atoms with Gasteiger partial charge in [0.2, 0.25) is 0 Å². The van der Waals surface area contributed by atoms with Crippen molar-refractivity contribution >= 4 is 11.7 Å². The van der Waals surface area contributed by atoms with E-state index in [0.29, 0.717) is 0 Å². The minimum absolute atomic E-state index is 0.0456. The van der Waals surface area contributed by atoms with E-state index in [4.69, 9.17) is 0 Å². The maximum Gasteiger partial charge on any atom is 0.433 e. The molecule has 90 valence electrons. The van der Waals surface area contributed by atoms with Crippen molar-refractivity contribution in [1.82, 2.24) is 4.98 Å². The molecule has 0 aliphatic rings. The zero-order valence-electron chi connectivity index (χ0n) is 8.71. The van der Waals surface area contributed by atoms with Crippen molar-refractivity contribution in [1.29, 1.82) is 0 Å². The molecule has 0 saturated heterocycles.